The molecule has 0 aliphatic heterocycles. The maximum absolute atomic E-state index is 11.6. The van der Waals surface area contributed by atoms with Crippen LogP contribution in [-0.2, 0) is 16.0 Å². The summed E-state index contributed by atoms with van der Waals surface area (Å²) in [6.07, 6.45) is -0.187. The van der Waals surface area contributed by atoms with Crippen LogP contribution >= 0.6 is 11.6 Å². The van der Waals surface area contributed by atoms with Crippen molar-refractivity contribution in [2.75, 3.05) is 19.5 Å². The fraction of sp³-hybridized carbons (Fsp3) is 0.176. The topological polar surface area (TPSA) is 128 Å². The predicted molar refractivity (Wildman–Crippen MR) is 97.1 cm³/mol. The van der Waals surface area contributed by atoms with E-state index < -0.39 is 16.9 Å². The number of benzene rings is 2. The molecule has 0 unspecified atom stereocenters. The standard InChI is InChI=1S/C17H15ClN2O7/c1-26-15-8-14(20(24)25)13(5-9(15)6-16(21)27-2)19-12-7-10(18)3-4-11(12)17(22)23/h3-5,7-8,19H,6H2,1-2H3,(H,22,23). The van der Waals surface area contributed by atoms with Gasteiger partial charge in [0.1, 0.15) is 11.4 Å². The first-order chi connectivity index (χ1) is 12.8. The van der Waals surface area contributed by atoms with Gasteiger partial charge in [0.2, 0.25) is 0 Å². The third-order valence-electron chi connectivity index (χ3n) is 3.64. The van der Waals surface area contributed by atoms with Crippen LogP contribution < -0.4 is 10.1 Å². The van der Waals surface area contributed by atoms with E-state index in [1.807, 2.05) is 0 Å². The fourth-order valence-electron chi connectivity index (χ4n) is 2.37. The number of ether oxygens (including phenoxy) is 2. The smallest absolute Gasteiger partial charge is 0.337 e. The van der Waals surface area contributed by atoms with Gasteiger partial charge in [0.25, 0.3) is 5.69 Å². The van der Waals surface area contributed by atoms with Crippen molar-refractivity contribution in [3.63, 3.8) is 0 Å². The Balaban J connectivity index is 2.59. The molecular weight excluding hydrogens is 380 g/mol. The number of carboxylic acid groups (broad SMARTS) is 1. The third kappa shape index (κ3) is 4.64. The van der Waals surface area contributed by atoms with Gasteiger partial charge in [-0.1, -0.05) is 11.6 Å². The molecule has 10 heteroatoms. The Bertz CT molecular complexity index is 914. The number of aromatic carboxylic acids is 1. The molecule has 0 fully saturated rings. The molecule has 0 amide bonds. The van der Waals surface area contributed by atoms with E-state index in [4.69, 9.17) is 16.3 Å². The third-order valence-corrected chi connectivity index (χ3v) is 3.87. The van der Waals surface area contributed by atoms with Crippen molar-refractivity contribution in [3.8, 4) is 5.75 Å². The van der Waals surface area contributed by atoms with Crippen LogP contribution in [0.1, 0.15) is 15.9 Å². The van der Waals surface area contributed by atoms with E-state index in [1.165, 1.54) is 38.5 Å². The van der Waals surface area contributed by atoms with Crippen molar-refractivity contribution in [2.45, 2.75) is 6.42 Å². The monoisotopic (exact) mass is 394 g/mol. The zero-order valence-electron chi connectivity index (χ0n) is 14.3. The second-order valence-corrected chi connectivity index (χ2v) is 5.75. The molecule has 2 N–H and O–H groups in total. The second-order valence-electron chi connectivity index (χ2n) is 5.31. The molecule has 142 valence electrons. The van der Waals surface area contributed by atoms with Crippen LogP contribution in [0, 0.1) is 10.1 Å². The molecule has 0 aliphatic rings. The van der Waals surface area contributed by atoms with E-state index in [9.17, 15) is 24.8 Å². The summed E-state index contributed by atoms with van der Waals surface area (Å²) in [5, 5.41) is 23.7. The molecule has 0 radical (unpaired) electrons. The number of esters is 1. The van der Waals surface area contributed by atoms with Gasteiger partial charge in [0, 0.05) is 10.6 Å². The largest absolute Gasteiger partial charge is 0.496 e. The Kier molecular flexibility index (Phi) is 6.19. The van der Waals surface area contributed by atoms with E-state index in [1.54, 1.807) is 0 Å². The molecule has 0 aromatic heterocycles. The number of hydrogen-bond acceptors (Lipinski definition) is 7. The SMILES string of the molecule is COC(=O)Cc1cc(Nc2cc(Cl)ccc2C(=O)O)c([N+](=O)[O-])cc1OC. The Morgan fingerprint density at radius 2 is 1.93 bits per heavy atom. The molecule has 9 nitrogen and oxygen atoms in total. The number of carbonyl (C=O) groups is 2. The van der Waals surface area contributed by atoms with Crippen molar-refractivity contribution in [3.05, 3.63) is 56.6 Å². The number of nitrogens with one attached hydrogen (secondary N) is 1. The number of nitro benzene ring substituents is 1. The number of methoxy groups -OCH3 is 2. The molecule has 2 aromatic carbocycles. The van der Waals surface area contributed by atoms with Gasteiger partial charge in [-0.05, 0) is 24.3 Å². The number of hydrogen-bond donors (Lipinski definition) is 2. The lowest BCUT2D eigenvalue weighted by molar-refractivity contribution is -0.384. The molecule has 0 aliphatic carbocycles. The molecule has 0 saturated heterocycles. The van der Waals surface area contributed by atoms with E-state index in [0.717, 1.165) is 6.07 Å². The summed E-state index contributed by atoms with van der Waals surface area (Å²) >= 11 is 5.91. The maximum atomic E-state index is 11.6. The lowest BCUT2D eigenvalue weighted by atomic mass is 10.1. The van der Waals surface area contributed by atoms with Gasteiger partial charge >= 0.3 is 11.9 Å². The molecule has 0 heterocycles. The van der Waals surface area contributed by atoms with Crippen molar-refractivity contribution in [1.82, 2.24) is 0 Å². The number of carboxylic acids is 1. The highest BCUT2D eigenvalue weighted by molar-refractivity contribution is 6.31. The van der Waals surface area contributed by atoms with E-state index >= 15 is 0 Å². The quantitative estimate of drug-likeness (QED) is 0.415. The Morgan fingerprint density at radius 1 is 1.22 bits per heavy atom. The van der Waals surface area contributed by atoms with Crippen molar-refractivity contribution in [2.24, 2.45) is 0 Å². The normalized spacial score (nSPS) is 10.2. The minimum Gasteiger partial charge on any atom is -0.496 e. The van der Waals surface area contributed by atoms with Crippen LogP contribution in [0.4, 0.5) is 17.1 Å². The Hall–Kier alpha value is -3.33. The fourth-order valence-corrected chi connectivity index (χ4v) is 2.54. The van der Waals surface area contributed by atoms with Crippen molar-refractivity contribution in [1.29, 1.82) is 0 Å². The maximum Gasteiger partial charge on any atom is 0.337 e. The first-order valence-electron chi connectivity index (χ1n) is 7.48. The summed E-state index contributed by atoms with van der Waals surface area (Å²) in [4.78, 5) is 33.8. The molecule has 2 aromatic rings. The van der Waals surface area contributed by atoms with E-state index in [2.05, 4.69) is 10.1 Å². The highest BCUT2D eigenvalue weighted by Crippen LogP contribution is 2.36. The molecule has 0 spiro atoms. The summed E-state index contributed by atoms with van der Waals surface area (Å²) in [5.41, 5.74) is -0.121. The Morgan fingerprint density at radius 3 is 2.48 bits per heavy atom. The molecule has 27 heavy (non-hydrogen) atoms. The van der Waals surface area contributed by atoms with Gasteiger partial charge in [-0.25, -0.2) is 4.79 Å². The lowest BCUT2D eigenvalue weighted by Gasteiger charge is -2.14. The van der Waals surface area contributed by atoms with Gasteiger partial charge in [-0.15, -0.1) is 0 Å². The van der Waals surface area contributed by atoms with Gasteiger partial charge in [-0.2, -0.15) is 0 Å². The first kappa shape index (κ1) is 20.0. The van der Waals surface area contributed by atoms with Gasteiger partial charge in [0.15, 0.2) is 0 Å². The summed E-state index contributed by atoms with van der Waals surface area (Å²) in [6.45, 7) is 0. The first-order valence-corrected chi connectivity index (χ1v) is 7.86. The zero-order valence-corrected chi connectivity index (χ0v) is 15.1. The van der Waals surface area contributed by atoms with E-state index in [-0.39, 0.29) is 39.8 Å². The van der Waals surface area contributed by atoms with Crippen molar-refractivity contribution < 1.29 is 29.1 Å². The number of halogens is 1. The van der Waals surface area contributed by atoms with Crippen LogP contribution in [0.2, 0.25) is 5.02 Å². The van der Waals surface area contributed by atoms with Gasteiger partial charge < -0.3 is 19.9 Å². The molecule has 0 saturated carbocycles. The number of carbonyl (C=O) groups excluding carboxylic acids is 1. The van der Waals surface area contributed by atoms with Gasteiger partial charge in [0.05, 0.1) is 42.9 Å². The van der Waals surface area contributed by atoms with Crippen LogP contribution in [0.3, 0.4) is 0 Å². The highest BCUT2D eigenvalue weighted by Gasteiger charge is 2.22. The molecule has 0 bridgehead atoms. The summed E-state index contributed by atoms with van der Waals surface area (Å²) < 4.78 is 9.72. The number of nitrogens with zero attached hydrogens (tertiary/aromatic N) is 1. The van der Waals surface area contributed by atoms with Crippen LogP contribution in [0.25, 0.3) is 0 Å². The van der Waals surface area contributed by atoms with Crippen LogP contribution in [0.5, 0.6) is 5.75 Å². The molecule has 2 rings (SSSR count). The van der Waals surface area contributed by atoms with E-state index in [0.29, 0.717) is 5.56 Å². The van der Waals surface area contributed by atoms with Crippen molar-refractivity contribution >= 4 is 40.6 Å². The Labute approximate surface area is 158 Å². The summed E-state index contributed by atoms with van der Waals surface area (Å²) in [7, 11) is 2.52. The minimum atomic E-state index is -1.24. The second kappa shape index (κ2) is 8.37. The van der Waals surface area contributed by atoms with Crippen LogP contribution in [-0.4, -0.2) is 36.2 Å². The number of nitro groups is 1. The highest BCUT2D eigenvalue weighted by atomic mass is 35.5. The number of anilines is 2. The average molecular weight is 395 g/mol. The van der Waals surface area contributed by atoms with Gasteiger partial charge in [-0.3, -0.25) is 14.9 Å². The zero-order chi connectivity index (χ0) is 20.1. The predicted octanol–water partition coefficient (Wildman–Crippen LogP) is 3.41. The molecule has 0 atom stereocenters. The van der Waals surface area contributed by atoms with Crippen LogP contribution in [0.15, 0.2) is 30.3 Å². The molecular formula is C17H15ClN2O7. The minimum absolute atomic E-state index is 0.0236. The summed E-state index contributed by atoms with van der Waals surface area (Å²) in [6, 6.07) is 6.48. The number of rotatable bonds is 7. The average Bonchev–Trinajstić information content (AvgIpc) is 2.61. The lowest BCUT2D eigenvalue weighted by Crippen LogP contribution is -2.08. The summed E-state index contributed by atoms with van der Waals surface area (Å²) in [5.74, 6) is -1.68.